The molecule has 1 aliphatic carbocycles. The average molecular weight is 417 g/mol. The fourth-order valence-corrected chi connectivity index (χ4v) is 5.14. The smallest absolute Gasteiger partial charge is 0.262 e. The van der Waals surface area contributed by atoms with Crippen LogP contribution >= 0.6 is 0 Å². The first-order valence-electron chi connectivity index (χ1n) is 9.87. The van der Waals surface area contributed by atoms with Gasteiger partial charge in [0.15, 0.2) is 0 Å². The molecule has 2 aromatic rings. The average Bonchev–Trinajstić information content (AvgIpc) is 2.68. The van der Waals surface area contributed by atoms with Crippen molar-refractivity contribution in [3.8, 4) is 5.75 Å². The molecule has 6 nitrogen and oxygen atoms in total. The summed E-state index contributed by atoms with van der Waals surface area (Å²) < 4.78 is 33.8. The van der Waals surface area contributed by atoms with E-state index in [0.717, 1.165) is 19.3 Å². The number of nitrogens with one attached hydrogen (secondary N) is 2. The van der Waals surface area contributed by atoms with Gasteiger partial charge in [-0.1, -0.05) is 38.0 Å². The normalized spacial score (nSPS) is 19.4. The number of carbonyl (C=O) groups excluding carboxylic acids is 1. The highest BCUT2D eigenvalue weighted by Gasteiger charge is 2.23. The first-order chi connectivity index (χ1) is 13.8. The molecule has 0 aliphatic heterocycles. The second-order valence-electron chi connectivity index (χ2n) is 7.73. The summed E-state index contributed by atoms with van der Waals surface area (Å²) in [6, 6.07) is 11.7. The highest BCUT2D eigenvalue weighted by atomic mass is 32.2. The van der Waals surface area contributed by atoms with Crippen molar-refractivity contribution in [3.05, 3.63) is 53.6 Å². The number of aryl methyl sites for hydroxylation is 1. The molecule has 29 heavy (non-hydrogen) atoms. The van der Waals surface area contributed by atoms with E-state index in [-0.39, 0.29) is 16.8 Å². The molecule has 1 aliphatic rings. The maximum Gasteiger partial charge on any atom is 0.262 e. The van der Waals surface area contributed by atoms with Gasteiger partial charge < -0.3 is 10.1 Å². The molecule has 0 aromatic heterocycles. The third-order valence-corrected chi connectivity index (χ3v) is 6.87. The van der Waals surface area contributed by atoms with Crippen molar-refractivity contribution in [1.29, 1.82) is 0 Å². The summed E-state index contributed by atoms with van der Waals surface area (Å²) in [7, 11) is -2.40. The van der Waals surface area contributed by atoms with Crippen molar-refractivity contribution in [2.45, 2.75) is 50.5 Å². The molecular formula is C22H28N2O4S. The van der Waals surface area contributed by atoms with Crippen LogP contribution in [-0.2, 0) is 10.0 Å². The van der Waals surface area contributed by atoms with E-state index in [4.69, 9.17) is 4.74 Å². The molecule has 2 unspecified atom stereocenters. The van der Waals surface area contributed by atoms with Gasteiger partial charge in [-0.05, 0) is 55.5 Å². The quantitative estimate of drug-likeness (QED) is 0.742. The summed E-state index contributed by atoms with van der Waals surface area (Å²) in [6.45, 7) is 3.90. The zero-order valence-electron chi connectivity index (χ0n) is 17.1. The van der Waals surface area contributed by atoms with E-state index in [1.807, 2.05) is 0 Å². The third kappa shape index (κ3) is 5.09. The fourth-order valence-electron chi connectivity index (χ4n) is 3.79. The van der Waals surface area contributed by atoms with Crippen LogP contribution in [0.5, 0.6) is 5.75 Å². The maximum absolute atomic E-state index is 13.0. The van der Waals surface area contributed by atoms with Gasteiger partial charge in [0.25, 0.3) is 15.9 Å². The topological polar surface area (TPSA) is 84.5 Å². The molecule has 2 aromatic carbocycles. The Morgan fingerprint density at radius 1 is 1.14 bits per heavy atom. The van der Waals surface area contributed by atoms with E-state index in [9.17, 15) is 13.2 Å². The van der Waals surface area contributed by atoms with Crippen molar-refractivity contribution in [3.63, 3.8) is 0 Å². The van der Waals surface area contributed by atoms with Crippen LogP contribution in [0.4, 0.5) is 5.69 Å². The van der Waals surface area contributed by atoms with E-state index < -0.39 is 10.0 Å². The number of anilines is 1. The van der Waals surface area contributed by atoms with Crippen LogP contribution in [0.15, 0.2) is 47.4 Å². The Morgan fingerprint density at radius 2 is 1.90 bits per heavy atom. The molecule has 0 saturated heterocycles. The molecule has 7 heteroatoms. The summed E-state index contributed by atoms with van der Waals surface area (Å²) in [4.78, 5) is 12.8. The first-order valence-corrected chi connectivity index (χ1v) is 11.4. The van der Waals surface area contributed by atoms with Crippen molar-refractivity contribution in [2.75, 3.05) is 11.8 Å². The van der Waals surface area contributed by atoms with Crippen molar-refractivity contribution >= 4 is 21.6 Å². The van der Waals surface area contributed by atoms with Gasteiger partial charge >= 0.3 is 0 Å². The summed E-state index contributed by atoms with van der Waals surface area (Å²) >= 11 is 0. The lowest BCUT2D eigenvalue weighted by molar-refractivity contribution is 0.0921. The van der Waals surface area contributed by atoms with Crippen molar-refractivity contribution in [2.24, 2.45) is 5.92 Å². The van der Waals surface area contributed by atoms with Crippen molar-refractivity contribution < 1.29 is 17.9 Å². The number of methoxy groups -OCH3 is 1. The predicted molar refractivity (Wildman–Crippen MR) is 114 cm³/mol. The lowest BCUT2D eigenvalue weighted by atomic mass is 9.87. The third-order valence-electron chi connectivity index (χ3n) is 5.36. The van der Waals surface area contributed by atoms with Gasteiger partial charge in [0.2, 0.25) is 0 Å². The zero-order chi connectivity index (χ0) is 21.0. The van der Waals surface area contributed by atoms with E-state index in [0.29, 0.717) is 28.5 Å². The van der Waals surface area contributed by atoms with Crippen LogP contribution in [0.25, 0.3) is 0 Å². The number of hydrogen-bond donors (Lipinski definition) is 2. The molecule has 0 spiro atoms. The van der Waals surface area contributed by atoms with Gasteiger partial charge in [0.1, 0.15) is 5.75 Å². The van der Waals surface area contributed by atoms with Gasteiger partial charge in [-0.25, -0.2) is 8.42 Å². The summed E-state index contributed by atoms with van der Waals surface area (Å²) in [5, 5.41) is 3.06. The lowest BCUT2D eigenvalue weighted by Gasteiger charge is -2.27. The van der Waals surface area contributed by atoms with Gasteiger partial charge in [-0.2, -0.15) is 0 Å². The number of ether oxygens (including phenoxy) is 1. The Hall–Kier alpha value is -2.54. The molecule has 3 rings (SSSR count). The Morgan fingerprint density at radius 3 is 2.62 bits per heavy atom. The van der Waals surface area contributed by atoms with Crippen LogP contribution in [0.1, 0.15) is 48.5 Å². The summed E-state index contributed by atoms with van der Waals surface area (Å²) in [5.74, 6) is 0.778. The number of carbonyl (C=O) groups is 1. The molecule has 0 bridgehead atoms. The Bertz CT molecular complexity index is 988. The van der Waals surface area contributed by atoms with Crippen molar-refractivity contribution in [1.82, 2.24) is 5.32 Å². The highest BCUT2D eigenvalue weighted by molar-refractivity contribution is 7.92. The summed E-state index contributed by atoms with van der Waals surface area (Å²) in [6.07, 6.45) is 4.21. The number of amides is 1. The molecule has 2 atom stereocenters. The Kier molecular flexibility index (Phi) is 6.47. The zero-order valence-corrected chi connectivity index (χ0v) is 17.9. The number of hydrogen-bond acceptors (Lipinski definition) is 4. The molecule has 0 heterocycles. The summed E-state index contributed by atoms with van der Waals surface area (Å²) in [5.41, 5.74) is 1.25. The van der Waals surface area contributed by atoms with E-state index in [2.05, 4.69) is 17.0 Å². The minimum absolute atomic E-state index is 0.0769. The van der Waals surface area contributed by atoms with E-state index >= 15 is 0 Å². The van der Waals surface area contributed by atoms with Crippen LogP contribution in [0.3, 0.4) is 0 Å². The molecule has 0 radical (unpaired) electrons. The van der Waals surface area contributed by atoms with Crippen LogP contribution in [0.2, 0.25) is 0 Å². The number of rotatable bonds is 6. The maximum atomic E-state index is 13.0. The van der Waals surface area contributed by atoms with E-state index in [1.54, 1.807) is 43.3 Å². The number of benzene rings is 2. The second-order valence-corrected chi connectivity index (χ2v) is 9.38. The minimum atomic E-state index is -3.88. The van der Waals surface area contributed by atoms with Gasteiger partial charge in [0.05, 0.1) is 17.7 Å². The molecule has 156 valence electrons. The van der Waals surface area contributed by atoms with Crippen LogP contribution in [0, 0.1) is 12.8 Å². The SMILES string of the molecule is COc1ccccc1NS(=O)(=O)c1cc(C(=O)NC2CCCC(C)C2)ccc1C. The highest BCUT2D eigenvalue weighted by Crippen LogP contribution is 2.28. The van der Waals surface area contributed by atoms with Gasteiger partial charge in [-0.3, -0.25) is 9.52 Å². The molecular weight excluding hydrogens is 388 g/mol. The van der Waals surface area contributed by atoms with E-state index in [1.165, 1.54) is 19.6 Å². The first kappa shape index (κ1) is 21.2. The van der Waals surface area contributed by atoms with Crippen LogP contribution < -0.4 is 14.8 Å². The largest absolute Gasteiger partial charge is 0.495 e. The molecule has 2 N–H and O–H groups in total. The fraction of sp³-hybridized carbons (Fsp3) is 0.409. The lowest BCUT2D eigenvalue weighted by Crippen LogP contribution is -2.38. The predicted octanol–water partition coefficient (Wildman–Crippen LogP) is 4.11. The van der Waals surface area contributed by atoms with Gasteiger partial charge in [0, 0.05) is 11.6 Å². The number of para-hydroxylation sites is 2. The Labute approximate surface area is 172 Å². The molecule has 1 amide bonds. The number of sulfonamides is 1. The standard InChI is InChI=1S/C22H28N2O4S/c1-15-7-6-8-18(13-15)23-22(25)17-12-11-16(2)21(14-17)29(26,27)24-19-9-4-5-10-20(19)28-3/h4-5,9-12,14-15,18,24H,6-8,13H2,1-3H3,(H,23,25). The Balaban J connectivity index is 1.83. The van der Waals surface area contributed by atoms with Crippen LogP contribution in [-0.4, -0.2) is 27.5 Å². The molecule has 1 saturated carbocycles. The monoisotopic (exact) mass is 416 g/mol. The second kappa shape index (κ2) is 8.86. The minimum Gasteiger partial charge on any atom is -0.495 e. The van der Waals surface area contributed by atoms with Gasteiger partial charge in [-0.15, -0.1) is 0 Å². The molecule has 1 fully saturated rings.